The number of benzene rings is 1. The molecule has 0 aliphatic carbocycles. The Bertz CT molecular complexity index is 688. The molecular formula is C20H32IN5O. The second kappa shape index (κ2) is 12.6. The molecule has 2 rings (SSSR count). The number of halogens is 1. The first kappa shape index (κ1) is 23.3. The van der Waals surface area contributed by atoms with Gasteiger partial charge in [0.2, 0.25) is 0 Å². The average molecular weight is 485 g/mol. The summed E-state index contributed by atoms with van der Waals surface area (Å²) >= 11 is 0. The number of aryl methyl sites for hydroxylation is 1. The molecule has 27 heavy (non-hydrogen) atoms. The van der Waals surface area contributed by atoms with E-state index in [1.165, 1.54) is 11.1 Å². The molecule has 2 N–H and O–H groups in total. The molecule has 1 aromatic carbocycles. The number of aliphatic imine (C=N–C) groups is 1. The lowest BCUT2D eigenvalue weighted by molar-refractivity contribution is 0.409. The first-order valence-electron chi connectivity index (χ1n) is 9.25. The van der Waals surface area contributed by atoms with Crippen LogP contribution in [0.25, 0.3) is 0 Å². The minimum Gasteiger partial charge on any atom is -0.496 e. The number of nitrogens with zero attached hydrogens (tertiary/aromatic N) is 3. The average Bonchev–Trinajstić information content (AvgIpc) is 3.13. The fourth-order valence-electron chi connectivity index (χ4n) is 2.79. The van der Waals surface area contributed by atoms with E-state index in [0.717, 1.165) is 44.3 Å². The Kier molecular flexibility index (Phi) is 10.8. The summed E-state index contributed by atoms with van der Waals surface area (Å²) in [6.07, 6.45) is 4.68. The third-order valence-electron chi connectivity index (χ3n) is 4.09. The van der Waals surface area contributed by atoms with Crippen molar-refractivity contribution in [2.45, 2.75) is 33.7 Å². The highest BCUT2D eigenvalue weighted by atomic mass is 127. The van der Waals surface area contributed by atoms with Gasteiger partial charge in [-0.25, -0.2) is 0 Å². The first-order chi connectivity index (χ1) is 12.6. The van der Waals surface area contributed by atoms with Crippen LogP contribution in [-0.2, 0) is 13.0 Å². The normalized spacial score (nSPS) is 12.2. The summed E-state index contributed by atoms with van der Waals surface area (Å²) in [5.74, 6) is 2.21. The van der Waals surface area contributed by atoms with Gasteiger partial charge in [0.15, 0.2) is 5.96 Å². The molecule has 0 aliphatic rings. The van der Waals surface area contributed by atoms with Crippen molar-refractivity contribution in [3.8, 4) is 5.75 Å². The molecule has 0 saturated heterocycles. The summed E-state index contributed by atoms with van der Waals surface area (Å²) in [7, 11) is 1.72. The molecule has 0 bridgehead atoms. The predicted molar refractivity (Wildman–Crippen MR) is 122 cm³/mol. The Hall–Kier alpha value is -1.77. The van der Waals surface area contributed by atoms with E-state index in [1.807, 2.05) is 23.0 Å². The van der Waals surface area contributed by atoms with Gasteiger partial charge in [-0.15, -0.1) is 24.0 Å². The SMILES string of the molecule is CCNC(=NCC(C)Cn1cccn1)NCCc1cc(C)ccc1OC.I. The fourth-order valence-corrected chi connectivity index (χ4v) is 2.79. The van der Waals surface area contributed by atoms with Crippen LogP contribution >= 0.6 is 24.0 Å². The minimum absolute atomic E-state index is 0. The highest BCUT2D eigenvalue weighted by Crippen LogP contribution is 2.19. The molecule has 0 saturated carbocycles. The van der Waals surface area contributed by atoms with Crippen LogP contribution in [0.1, 0.15) is 25.0 Å². The van der Waals surface area contributed by atoms with E-state index in [-0.39, 0.29) is 24.0 Å². The second-order valence-corrected chi connectivity index (χ2v) is 6.54. The number of hydrogen-bond donors (Lipinski definition) is 2. The van der Waals surface area contributed by atoms with E-state index in [0.29, 0.717) is 5.92 Å². The van der Waals surface area contributed by atoms with Crippen LogP contribution in [-0.4, -0.2) is 42.5 Å². The largest absolute Gasteiger partial charge is 0.496 e. The van der Waals surface area contributed by atoms with Crippen LogP contribution in [0.2, 0.25) is 0 Å². The molecule has 150 valence electrons. The zero-order valence-corrected chi connectivity index (χ0v) is 19.1. The van der Waals surface area contributed by atoms with Crippen LogP contribution in [0.3, 0.4) is 0 Å². The van der Waals surface area contributed by atoms with Crippen molar-refractivity contribution in [2.24, 2.45) is 10.9 Å². The Labute approximate surface area is 179 Å². The number of nitrogens with one attached hydrogen (secondary N) is 2. The van der Waals surface area contributed by atoms with E-state index in [2.05, 4.69) is 48.6 Å². The van der Waals surface area contributed by atoms with Crippen LogP contribution < -0.4 is 15.4 Å². The lowest BCUT2D eigenvalue weighted by atomic mass is 10.1. The van der Waals surface area contributed by atoms with Crippen molar-refractivity contribution < 1.29 is 4.74 Å². The molecule has 1 heterocycles. The molecule has 1 aromatic heterocycles. The van der Waals surface area contributed by atoms with Gasteiger partial charge >= 0.3 is 0 Å². The number of ether oxygens (including phenoxy) is 1. The topological polar surface area (TPSA) is 63.5 Å². The molecule has 0 aliphatic heterocycles. The maximum Gasteiger partial charge on any atom is 0.191 e. The van der Waals surface area contributed by atoms with Crippen LogP contribution in [0.4, 0.5) is 0 Å². The van der Waals surface area contributed by atoms with E-state index in [1.54, 1.807) is 13.3 Å². The van der Waals surface area contributed by atoms with Gasteiger partial charge in [-0.05, 0) is 43.9 Å². The zero-order chi connectivity index (χ0) is 18.8. The van der Waals surface area contributed by atoms with Crippen molar-refractivity contribution in [1.29, 1.82) is 0 Å². The lowest BCUT2D eigenvalue weighted by Crippen LogP contribution is -2.38. The van der Waals surface area contributed by atoms with E-state index in [4.69, 9.17) is 9.73 Å². The molecule has 7 heteroatoms. The van der Waals surface area contributed by atoms with Gasteiger partial charge in [-0.2, -0.15) is 5.10 Å². The van der Waals surface area contributed by atoms with Gasteiger partial charge in [0.1, 0.15) is 5.75 Å². The number of rotatable bonds is 9. The van der Waals surface area contributed by atoms with Crippen LogP contribution in [0.5, 0.6) is 5.75 Å². The molecule has 0 radical (unpaired) electrons. The first-order valence-corrected chi connectivity index (χ1v) is 9.25. The Balaban J connectivity index is 0.00000364. The van der Waals surface area contributed by atoms with E-state index >= 15 is 0 Å². The molecule has 1 unspecified atom stereocenters. The van der Waals surface area contributed by atoms with Crippen molar-refractivity contribution in [1.82, 2.24) is 20.4 Å². The summed E-state index contributed by atoms with van der Waals surface area (Å²) in [4.78, 5) is 4.71. The van der Waals surface area contributed by atoms with Crippen molar-refractivity contribution in [3.05, 3.63) is 47.8 Å². The number of guanidine groups is 1. The van der Waals surface area contributed by atoms with Gasteiger partial charge in [0, 0.05) is 38.6 Å². The minimum atomic E-state index is 0. The molecular weight excluding hydrogens is 453 g/mol. The van der Waals surface area contributed by atoms with Gasteiger partial charge in [-0.3, -0.25) is 9.67 Å². The quantitative estimate of drug-likeness (QED) is 0.325. The van der Waals surface area contributed by atoms with E-state index < -0.39 is 0 Å². The predicted octanol–water partition coefficient (Wildman–Crippen LogP) is 3.25. The molecule has 0 amide bonds. The fraction of sp³-hybridized carbons (Fsp3) is 0.500. The number of aromatic nitrogens is 2. The zero-order valence-electron chi connectivity index (χ0n) is 16.7. The standard InChI is InChI=1S/C20H31N5O.HI/c1-5-21-20(23-14-17(3)15-25-12-6-10-24-25)22-11-9-18-13-16(2)7-8-19(18)26-4;/h6-8,10,12-13,17H,5,9,11,14-15H2,1-4H3,(H2,21,22,23);1H. The van der Waals surface area contributed by atoms with Crippen molar-refractivity contribution in [3.63, 3.8) is 0 Å². The summed E-state index contributed by atoms with van der Waals surface area (Å²) < 4.78 is 7.40. The van der Waals surface area contributed by atoms with Gasteiger partial charge in [0.05, 0.1) is 7.11 Å². The number of methoxy groups -OCH3 is 1. The monoisotopic (exact) mass is 485 g/mol. The van der Waals surface area contributed by atoms with Gasteiger partial charge in [0.25, 0.3) is 0 Å². The molecule has 6 nitrogen and oxygen atoms in total. The molecule has 0 spiro atoms. The van der Waals surface area contributed by atoms with Gasteiger partial charge < -0.3 is 15.4 Å². The second-order valence-electron chi connectivity index (χ2n) is 6.54. The number of hydrogen-bond acceptors (Lipinski definition) is 3. The van der Waals surface area contributed by atoms with Crippen LogP contribution in [0.15, 0.2) is 41.7 Å². The molecule has 2 aromatic rings. The summed E-state index contributed by atoms with van der Waals surface area (Å²) in [6.45, 7) is 9.63. The highest BCUT2D eigenvalue weighted by Gasteiger charge is 2.06. The van der Waals surface area contributed by atoms with Gasteiger partial charge in [-0.1, -0.05) is 24.6 Å². The van der Waals surface area contributed by atoms with E-state index in [9.17, 15) is 0 Å². The Morgan fingerprint density at radius 2 is 2.15 bits per heavy atom. The third-order valence-corrected chi connectivity index (χ3v) is 4.09. The molecule has 0 fully saturated rings. The maximum atomic E-state index is 5.45. The van der Waals surface area contributed by atoms with Crippen molar-refractivity contribution >= 4 is 29.9 Å². The highest BCUT2D eigenvalue weighted by molar-refractivity contribution is 14.0. The Morgan fingerprint density at radius 1 is 1.33 bits per heavy atom. The Morgan fingerprint density at radius 3 is 2.81 bits per heavy atom. The van der Waals surface area contributed by atoms with Crippen LogP contribution in [0, 0.1) is 12.8 Å². The summed E-state index contributed by atoms with van der Waals surface area (Å²) in [5, 5.41) is 11.0. The lowest BCUT2D eigenvalue weighted by Gasteiger charge is -2.14. The summed E-state index contributed by atoms with van der Waals surface area (Å²) in [5.41, 5.74) is 2.46. The van der Waals surface area contributed by atoms with Crippen molar-refractivity contribution in [2.75, 3.05) is 26.7 Å². The maximum absolute atomic E-state index is 5.45. The third kappa shape index (κ3) is 8.19. The molecule has 1 atom stereocenters. The smallest absolute Gasteiger partial charge is 0.191 e. The summed E-state index contributed by atoms with van der Waals surface area (Å²) in [6, 6.07) is 8.22.